The van der Waals surface area contributed by atoms with E-state index in [1.165, 1.54) is 5.56 Å². The van der Waals surface area contributed by atoms with E-state index in [0.29, 0.717) is 19.0 Å². The second-order valence-electron chi connectivity index (χ2n) is 5.09. The van der Waals surface area contributed by atoms with Crippen LogP contribution in [0.3, 0.4) is 0 Å². The number of carbonyl (C=O) groups excluding carboxylic acids is 1. The van der Waals surface area contributed by atoms with Crippen molar-refractivity contribution in [3.8, 4) is 0 Å². The first-order valence-corrected chi connectivity index (χ1v) is 7.04. The van der Waals surface area contributed by atoms with Crippen molar-refractivity contribution in [1.82, 2.24) is 10.2 Å². The Morgan fingerprint density at radius 1 is 1.32 bits per heavy atom. The number of benzene rings is 1. The molecule has 1 atom stereocenters. The standard InChI is InChI=1S/C15H23N3O/c16-8-10-18(12-13-5-2-1-3-6-13)14-7-4-9-17-15(19)11-14/h1-3,5-6,14H,4,7-12,16H2,(H,17,19). The van der Waals surface area contributed by atoms with Gasteiger partial charge in [-0.3, -0.25) is 9.69 Å². The van der Waals surface area contributed by atoms with Gasteiger partial charge < -0.3 is 11.1 Å². The van der Waals surface area contributed by atoms with Gasteiger partial charge in [0.05, 0.1) is 0 Å². The average molecular weight is 261 g/mol. The summed E-state index contributed by atoms with van der Waals surface area (Å²) in [7, 11) is 0. The predicted molar refractivity (Wildman–Crippen MR) is 76.6 cm³/mol. The molecular formula is C15H23N3O. The fraction of sp³-hybridized carbons (Fsp3) is 0.533. The van der Waals surface area contributed by atoms with Gasteiger partial charge in [-0.15, -0.1) is 0 Å². The molecule has 4 nitrogen and oxygen atoms in total. The first-order chi connectivity index (χ1) is 9.29. The molecule has 2 rings (SSSR count). The number of hydrogen-bond acceptors (Lipinski definition) is 3. The van der Waals surface area contributed by atoms with Gasteiger partial charge in [-0.2, -0.15) is 0 Å². The van der Waals surface area contributed by atoms with Crippen molar-refractivity contribution in [2.45, 2.75) is 31.8 Å². The topological polar surface area (TPSA) is 58.4 Å². The molecule has 1 unspecified atom stereocenters. The average Bonchev–Trinajstić information content (AvgIpc) is 2.64. The smallest absolute Gasteiger partial charge is 0.221 e. The van der Waals surface area contributed by atoms with E-state index in [4.69, 9.17) is 5.73 Å². The van der Waals surface area contributed by atoms with Crippen molar-refractivity contribution < 1.29 is 4.79 Å². The summed E-state index contributed by atoms with van der Waals surface area (Å²) in [5.41, 5.74) is 7.00. The molecule has 104 valence electrons. The van der Waals surface area contributed by atoms with E-state index in [0.717, 1.165) is 32.5 Å². The Bertz CT molecular complexity index is 394. The van der Waals surface area contributed by atoms with Crippen LogP contribution in [0.5, 0.6) is 0 Å². The highest BCUT2D eigenvalue weighted by atomic mass is 16.1. The first-order valence-electron chi connectivity index (χ1n) is 7.04. The second kappa shape index (κ2) is 7.26. The molecule has 0 radical (unpaired) electrons. The van der Waals surface area contributed by atoms with Crippen LogP contribution in [0.4, 0.5) is 0 Å². The van der Waals surface area contributed by atoms with Gasteiger partial charge in [-0.25, -0.2) is 0 Å². The molecule has 3 N–H and O–H groups in total. The van der Waals surface area contributed by atoms with E-state index in [-0.39, 0.29) is 5.91 Å². The molecule has 0 saturated carbocycles. The summed E-state index contributed by atoms with van der Waals surface area (Å²) in [6, 6.07) is 10.7. The van der Waals surface area contributed by atoms with Gasteiger partial charge in [0.25, 0.3) is 0 Å². The molecule has 1 aliphatic rings. The Kier molecular flexibility index (Phi) is 5.36. The first kappa shape index (κ1) is 14.0. The van der Waals surface area contributed by atoms with Crippen LogP contribution in [-0.4, -0.2) is 36.5 Å². The van der Waals surface area contributed by atoms with E-state index >= 15 is 0 Å². The molecule has 1 fully saturated rings. The van der Waals surface area contributed by atoms with Crippen LogP contribution in [0, 0.1) is 0 Å². The number of rotatable bonds is 5. The van der Waals surface area contributed by atoms with Crippen LogP contribution in [0.25, 0.3) is 0 Å². The third kappa shape index (κ3) is 4.33. The molecule has 0 bridgehead atoms. The largest absolute Gasteiger partial charge is 0.356 e. The van der Waals surface area contributed by atoms with Crippen molar-refractivity contribution in [1.29, 1.82) is 0 Å². The van der Waals surface area contributed by atoms with Crippen LogP contribution in [0.1, 0.15) is 24.8 Å². The predicted octanol–water partition coefficient (Wildman–Crippen LogP) is 1.12. The van der Waals surface area contributed by atoms with Gasteiger partial charge in [0.1, 0.15) is 0 Å². The van der Waals surface area contributed by atoms with Gasteiger partial charge in [-0.1, -0.05) is 30.3 Å². The highest BCUT2D eigenvalue weighted by molar-refractivity contribution is 5.76. The Morgan fingerprint density at radius 2 is 2.11 bits per heavy atom. The van der Waals surface area contributed by atoms with Gasteiger partial charge >= 0.3 is 0 Å². The van der Waals surface area contributed by atoms with Crippen LogP contribution >= 0.6 is 0 Å². The summed E-state index contributed by atoms with van der Waals surface area (Å²) in [5, 5.41) is 2.94. The van der Waals surface area contributed by atoms with Gasteiger partial charge in [0, 0.05) is 38.6 Å². The van der Waals surface area contributed by atoms with Gasteiger partial charge in [0.15, 0.2) is 0 Å². The zero-order valence-corrected chi connectivity index (χ0v) is 11.3. The molecule has 1 aromatic carbocycles. The van der Waals surface area contributed by atoms with Crippen LogP contribution < -0.4 is 11.1 Å². The number of nitrogens with zero attached hydrogens (tertiary/aromatic N) is 1. The molecule has 1 aromatic rings. The lowest BCUT2D eigenvalue weighted by molar-refractivity contribution is -0.121. The summed E-state index contributed by atoms with van der Waals surface area (Å²) in [6.07, 6.45) is 2.70. The number of hydrogen-bond donors (Lipinski definition) is 2. The maximum atomic E-state index is 11.7. The Balaban J connectivity index is 2.03. The van der Waals surface area contributed by atoms with E-state index in [1.54, 1.807) is 0 Å². The van der Waals surface area contributed by atoms with Crippen molar-refractivity contribution in [2.75, 3.05) is 19.6 Å². The minimum atomic E-state index is 0.164. The third-order valence-corrected chi connectivity index (χ3v) is 3.62. The van der Waals surface area contributed by atoms with Crippen LogP contribution in [0.15, 0.2) is 30.3 Å². The molecule has 0 spiro atoms. The minimum Gasteiger partial charge on any atom is -0.356 e. The lowest BCUT2D eigenvalue weighted by Gasteiger charge is -2.30. The monoisotopic (exact) mass is 261 g/mol. The zero-order valence-electron chi connectivity index (χ0n) is 11.3. The SMILES string of the molecule is NCCN(Cc1ccccc1)C1CCCNC(=O)C1. The lowest BCUT2D eigenvalue weighted by Crippen LogP contribution is -2.39. The fourth-order valence-electron chi connectivity index (χ4n) is 2.64. The minimum absolute atomic E-state index is 0.164. The van der Waals surface area contributed by atoms with Crippen molar-refractivity contribution >= 4 is 5.91 Å². The number of nitrogens with two attached hydrogens (primary N) is 1. The van der Waals surface area contributed by atoms with Crippen LogP contribution in [-0.2, 0) is 11.3 Å². The van der Waals surface area contributed by atoms with Crippen LogP contribution in [0.2, 0.25) is 0 Å². The Hall–Kier alpha value is -1.39. The highest BCUT2D eigenvalue weighted by Gasteiger charge is 2.23. The van der Waals surface area contributed by atoms with Crippen molar-refractivity contribution in [2.24, 2.45) is 5.73 Å². The fourth-order valence-corrected chi connectivity index (χ4v) is 2.64. The summed E-state index contributed by atoms with van der Waals surface area (Å²) in [4.78, 5) is 14.0. The number of nitrogens with one attached hydrogen (secondary N) is 1. The lowest BCUT2D eigenvalue weighted by atomic mass is 10.1. The van der Waals surface area contributed by atoms with Gasteiger partial charge in [0.2, 0.25) is 5.91 Å². The second-order valence-corrected chi connectivity index (χ2v) is 5.09. The quantitative estimate of drug-likeness (QED) is 0.835. The van der Waals surface area contributed by atoms with Gasteiger partial charge in [-0.05, 0) is 18.4 Å². The maximum Gasteiger partial charge on any atom is 0.221 e. The molecule has 0 aromatic heterocycles. The summed E-state index contributed by atoms with van der Waals surface area (Å²) in [6.45, 7) is 3.14. The molecule has 4 heteroatoms. The molecule has 1 aliphatic heterocycles. The number of amides is 1. The molecule has 0 aliphatic carbocycles. The normalized spacial score (nSPS) is 20.1. The van der Waals surface area contributed by atoms with Crippen molar-refractivity contribution in [3.63, 3.8) is 0 Å². The maximum absolute atomic E-state index is 11.7. The van der Waals surface area contributed by atoms with E-state index in [9.17, 15) is 4.79 Å². The number of carbonyl (C=O) groups is 1. The third-order valence-electron chi connectivity index (χ3n) is 3.62. The molecule has 19 heavy (non-hydrogen) atoms. The molecule has 1 heterocycles. The summed E-state index contributed by atoms with van der Waals surface area (Å²) in [5.74, 6) is 0.164. The zero-order chi connectivity index (χ0) is 13.5. The van der Waals surface area contributed by atoms with E-state index in [1.807, 2.05) is 6.07 Å². The highest BCUT2D eigenvalue weighted by Crippen LogP contribution is 2.16. The van der Waals surface area contributed by atoms with Crippen molar-refractivity contribution in [3.05, 3.63) is 35.9 Å². The Morgan fingerprint density at radius 3 is 2.84 bits per heavy atom. The summed E-state index contributed by atoms with van der Waals surface area (Å²) < 4.78 is 0. The molecule has 1 amide bonds. The van der Waals surface area contributed by atoms with E-state index < -0.39 is 0 Å². The van der Waals surface area contributed by atoms with E-state index in [2.05, 4.69) is 34.5 Å². The summed E-state index contributed by atoms with van der Waals surface area (Å²) >= 11 is 0. The Labute approximate surface area is 115 Å². The molecule has 1 saturated heterocycles. The molecular weight excluding hydrogens is 238 g/mol.